The van der Waals surface area contributed by atoms with Gasteiger partial charge in [0.2, 0.25) is 5.82 Å². The number of carbonyl (C=O) groups is 2. The van der Waals surface area contributed by atoms with Crippen LogP contribution in [0.2, 0.25) is 0 Å². The summed E-state index contributed by atoms with van der Waals surface area (Å²) in [5.41, 5.74) is 4.84. The molecule has 1 aliphatic rings. The van der Waals surface area contributed by atoms with Gasteiger partial charge >= 0.3 is 12.1 Å². The van der Waals surface area contributed by atoms with Crippen LogP contribution in [-0.4, -0.2) is 46.7 Å². The van der Waals surface area contributed by atoms with E-state index in [-0.39, 0.29) is 28.4 Å². The number of amides is 1. The van der Waals surface area contributed by atoms with E-state index in [1.807, 2.05) is 0 Å². The van der Waals surface area contributed by atoms with Gasteiger partial charge in [-0.2, -0.15) is 13.2 Å². The minimum absolute atomic E-state index is 0.00246. The maximum atomic E-state index is 13.3. The van der Waals surface area contributed by atoms with E-state index in [1.54, 1.807) is 0 Å². The van der Waals surface area contributed by atoms with Gasteiger partial charge < -0.3 is 10.8 Å². The third kappa shape index (κ3) is 4.45. The van der Waals surface area contributed by atoms with Crippen LogP contribution in [-0.2, 0) is 11.0 Å². The fraction of sp³-hybridized carbons (Fsp3) is 0.211. The summed E-state index contributed by atoms with van der Waals surface area (Å²) in [5.74, 6) is -2.72. The van der Waals surface area contributed by atoms with Crippen LogP contribution in [0.4, 0.5) is 13.2 Å². The standard InChI is InChI=1S/C19H14F3N7O3/c20-19(21,22)14-4-10(3-13(27-14)9-1-2-9)16-26-8-29(28-16)7-12(15(23)30)11-5-24-17(18(31)32)25-6-11/h3-9H,1-2H2,(H2,23,30)(H,31,32)/b12-7+. The normalized spacial score (nSPS) is 14.4. The van der Waals surface area contributed by atoms with Crippen molar-refractivity contribution in [2.45, 2.75) is 24.9 Å². The Kier molecular flexibility index (Phi) is 5.16. The number of hydrogen-bond donors (Lipinski definition) is 2. The molecule has 0 saturated heterocycles. The molecule has 3 aromatic heterocycles. The molecule has 0 aromatic carbocycles. The topological polar surface area (TPSA) is 150 Å². The van der Waals surface area contributed by atoms with Crippen molar-refractivity contribution in [3.63, 3.8) is 0 Å². The Morgan fingerprint density at radius 1 is 1.16 bits per heavy atom. The first-order valence-corrected chi connectivity index (χ1v) is 9.20. The van der Waals surface area contributed by atoms with E-state index < -0.39 is 29.6 Å². The number of aromatic nitrogens is 6. The van der Waals surface area contributed by atoms with Crippen molar-refractivity contribution in [3.05, 3.63) is 53.6 Å². The number of hydrogen-bond acceptors (Lipinski definition) is 7. The van der Waals surface area contributed by atoms with Gasteiger partial charge in [-0.15, -0.1) is 5.10 Å². The van der Waals surface area contributed by atoms with Crippen LogP contribution in [0.1, 0.15) is 46.3 Å². The van der Waals surface area contributed by atoms with E-state index in [0.717, 1.165) is 36.0 Å². The number of carbonyl (C=O) groups excluding carboxylic acids is 1. The molecule has 0 unspecified atom stereocenters. The molecule has 0 radical (unpaired) electrons. The highest BCUT2D eigenvalue weighted by Gasteiger charge is 2.35. The number of nitrogens with two attached hydrogens (primary N) is 1. The molecule has 0 bridgehead atoms. The van der Waals surface area contributed by atoms with Crippen molar-refractivity contribution in [2.24, 2.45) is 5.73 Å². The molecule has 4 rings (SSSR count). The Balaban J connectivity index is 1.69. The van der Waals surface area contributed by atoms with Gasteiger partial charge in [0.05, 0.1) is 5.57 Å². The van der Waals surface area contributed by atoms with Crippen molar-refractivity contribution in [1.82, 2.24) is 29.7 Å². The van der Waals surface area contributed by atoms with Crippen LogP contribution in [0.25, 0.3) is 23.2 Å². The predicted molar refractivity (Wildman–Crippen MR) is 103 cm³/mol. The molecule has 0 spiro atoms. The fourth-order valence-corrected chi connectivity index (χ4v) is 2.87. The summed E-state index contributed by atoms with van der Waals surface area (Å²) in [6.07, 6.45) is 1.49. The van der Waals surface area contributed by atoms with Gasteiger partial charge in [-0.3, -0.25) is 4.79 Å². The molecular weight excluding hydrogens is 431 g/mol. The summed E-state index contributed by atoms with van der Waals surface area (Å²) in [6, 6.07) is 2.38. The number of rotatable bonds is 6. The molecule has 3 heterocycles. The summed E-state index contributed by atoms with van der Waals surface area (Å²) in [5, 5.41) is 13.0. The summed E-state index contributed by atoms with van der Waals surface area (Å²) < 4.78 is 40.9. The maximum absolute atomic E-state index is 13.3. The van der Waals surface area contributed by atoms with Gasteiger partial charge in [0.25, 0.3) is 5.91 Å². The second kappa shape index (κ2) is 7.83. The monoisotopic (exact) mass is 445 g/mol. The van der Waals surface area contributed by atoms with Crippen molar-refractivity contribution < 1.29 is 27.9 Å². The third-order valence-electron chi connectivity index (χ3n) is 4.58. The Hall–Kier alpha value is -4.16. The van der Waals surface area contributed by atoms with Crippen molar-refractivity contribution in [1.29, 1.82) is 0 Å². The summed E-state index contributed by atoms with van der Waals surface area (Å²) >= 11 is 0. The average Bonchev–Trinajstić information content (AvgIpc) is 3.49. The number of carboxylic acid groups (broad SMARTS) is 1. The quantitative estimate of drug-likeness (QED) is 0.548. The molecular formula is C19H14F3N7O3. The molecule has 3 aromatic rings. The zero-order valence-corrected chi connectivity index (χ0v) is 16.1. The molecule has 10 nitrogen and oxygen atoms in total. The smallest absolute Gasteiger partial charge is 0.433 e. The lowest BCUT2D eigenvalue weighted by Crippen LogP contribution is -2.15. The van der Waals surface area contributed by atoms with Crippen LogP contribution >= 0.6 is 0 Å². The number of nitrogens with zero attached hydrogens (tertiary/aromatic N) is 6. The average molecular weight is 445 g/mol. The molecule has 3 N–H and O–H groups in total. The molecule has 0 atom stereocenters. The maximum Gasteiger partial charge on any atom is 0.433 e. The van der Waals surface area contributed by atoms with Crippen molar-refractivity contribution in [3.8, 4) is 11.4 Å². The van der Waals surface area contributed by atoms with Crippen LogP contribution in [0, 0.1) is 0 Å². The first kappa shape index (κ1) is 21.1. The van der Waals surface area contributed by atoms with Crippen LogP contribution in [0.3, 0.4) is 0 Å². The van der Waals surface area contributed by atoms with Crippen molar-refractivity contribution >= 4 is 23.6 Å². The van der Waals surface area contributed by atoms with E-state index in [0.29, 0.717) is 5.69 Å². The second-order valence-electron chi connectivity index (χ2n) is 6.99. The Morgan fingerprint density at radius 2 is 1.84 bits per heavy atom. The van der Waals surface area contributed by atoms with Crippen molar-refractivity contribution in [2.75, 3.05) is 0 Å². The third-order valence-corrected chi connectivity index (χ3v) is 4.58. The molecule has 32 heavy (non-hydrogen) atoms. The van der Waals surface area contributed by atoms with Gasteiger partial charge in [-0.1, -0.05) is 0 Å². The fourth-order valence-electron chi connectivity index (χ4n) is 2.87. The number of pyridine rings is 1. The minimum atomic E-state index is -4.62. The Bertz CT molecular complexity index is 1230. The molecule has 164 valence electrons. The van der Waals surface area contributed by atoms with Gasteiger partial charge in [-0.05, 0) is 25.0 Å². The number of primary amides is 1. The Labute approximate surface area is 177 Å². The summed E-state index contributed by atoms with van der Waals surface area (Å²) in [6.45, 7) is 0. The highest BCUT2D eigenvalue weighted by atomic mass is 19.4. The Morgan fingerprint density at radius 3 is 2.41 bits per heavy atom. The lowest BCUT2D eigenvalue weighted by molar-refractivity contribution is -0.141. The van der Waals surface area contributed by atoms with Gasteiger partial charge in [0.15, 0.2) is 5.82 Å². The number of alkyl halides is 3. The van der Waals surface area contributed by atoms with Crippen LogP contribution < -0.4 is 5.73 Å². The minimum Gasteiger partial charge on any atom is -0.475 e. The van der Waals surface area contributed by atoms with Gasteiger partial charge in [0, 0.05) is 41.3 Å². The number of aromatic carboxylic acids is 1. The number of carboxylic acids is 1. The highest BCUT2D eigenvalue weighted by Crippen LogP contribution is 2.41. The zero-order valence-electron chi connectivity index (χ0n) is 16.1. The van der Waals surface area contributed by atoms with E-state index in [1.165, 1.54) is 18.6 Å². The molecule has 0 aliphatic heterocycles. The lowest BCUT2D eigenvalue weighted by atomic mass is 10.1. The molecule has 1 amide bonds. The van der Waals surface area contributed by atoms with E-state index in [9.17, 15) is 22.8 Å². The molecule has 1 saturated carbocycles. The van der Waals surface area contributed by atoms with Crippen LogP contribution in [0.15, 0.2) is 30.9 Å². The molecule has 1 aliphatic carbocycles. The predicted octanol–water partition coefficient (Wildman–Crippen LogP) is 2.21. The first-order chi connectivity index (χ1) is 15.1. The second-order valence-corrected chi connectivity index (χ2v) is 6.99. The summed E-state index contributed by atoms with van der Waals surface area (Å²) in [7, 11) is 0. The SMILES string of the molecule is NC(=O)/C(=C/n1cnc(-c2cc(C3CC3)nc(C(F)(F)F)c2)n1)c1cnc(C(=O)O)nc1. The largest absolute Gasteiger partial charge is 0.475 e. The van der Waals surface area contributed by atoms with E-state index >= 15 is 0 Å². The highest BCUT2D eigenvalue weighted by molar-refractivity contribution is 6.22. The van der Waals surface area contributed by atoms with Gasteiger partial charge in [0.1, 0.15) is 12.0 Å². The molecule has 1 fully saturated rings. The summed E-state index contributed by atoms with van der Waals surface area (Å²) in [4.78, 5) is 37.7. The zero-order chi connectivity index (χ0) is 23.0. The van der Waals surface area contributed by atoms with E-state index in [4.69, 9.17) is 10.8 Å². The van der Waals surface area contributed by atoms with E-state index in [2.05, 4.69) is 25.0 Å². The number of halogens is 3. The first-order valence-electron chi connectivity index (χ1n) is 9.20. The van der Waals surface area contributed by atoms with Gasteiger partial charge in [-0.25, -0.2) is 29.4 Å². The lowest BCUT2D eigenvalue weighted by Gasteiger charge is -2.09. The molecule has 13 heteroatoms. The van der Waals surface area contributed by atoms with Crippen LogP contribution in [0.5, 0.6) is 0 Å².